The summed E-state index contributed by atoms with van der Waals surface area (Å²) in [6, 6.07) is 6.54. The molecule has 0 heterocycles. The molecule has 0 amide bonds. The first-order chi connectivity index (χ1) is 8.04. The van der Waals surface area contributed by atoms with Crippen LogP contribution in [-0.4, -0.2) is 33.4 Å². The molecule has 1 aromatic carbocycles. The highest BCUT2D eigenvalue weighted by atomic mass is 79.9. The van der Waals surface area contributed by atoms with Gasteiger partial charge in [0, 0.05) is 31.2 Å². The van der Waals surface area contributed by atoms with Crippen molar-refractivity contribution >= 4 is 27.3 Å². The Morgan fingerprint density at radius 2 is 2.12 bits per heavy atom. The average molecular weight is 301 g/mol. The van der Waals surface area contributed by atoms with E-state index in [4.69, 9.17) is 4.74 Å². The summed E-state index contributed by atoms with van der Waals surface area (Å²) < 4.78 is 6.49. The maximum atomic E-state index is 5.41. The Labute approximate surface area is 112 Å². The van der Waals surface area contributed by atoms with Gasteiger partial charge in [0.25, 0.3) is 0 Å². The summed E-state index contributed by atoms with van der Waals surface area (Å²) >= 11 is 3.50. The topological polar surface area (TPSA) is 24.5 Å². The van der Waals surface area contributed by atoms with Crippen LogP contribution < -0.4 is 10.2 Å². The summed E-state index contributed by atoms with van der Waals surface area (Å²) in [4.78, 5) is 2.10. The molecule has 1 unspecified atom stereocenters. The molecule has 0 bridgehead atoms. The first-order valence-electron chi connectivity index (χ1n) is 5.85. The molecule has 0 aliphatic heterocycles. The summed E-state index contributed by atoms with van der Waals surface area (Å²) in [5.41, 5.74) is 2.30. The lowest BCUT2D eigenvalue weighted by Gasteiger charge is -2.22. The van der Waals surface area contributed by atoms with Crippen molar-refractivity contribution in [1.82, 2.24) is 0 Å². The molecule has 1 N–H and O–H groups in total. The zero-order chi connectivity index (χ0) is 12.8. The first kappa shape index (κ1) is 14.3. The van der Waals surface area contributed by atoms with Crippen LogP contribution in [0.3, 0.4) is 0 Å². The van der Waals surface area contributed by atoms with Gasteiger partial charge in [0.2, 0.25) is 0 Å². The van der Waals surface area contributed by atoms with Gasteiger partial charge in [-0.2, -0.15) is 0 Å². The maximum absolute atomic E-state index is 5.41. The molecule has 96 valence electrons. The Bertz CT molecular complexity index is 355. The van der Waals surface area contributed by atoms with Gasteiger partial charge in [-0.25, -0.2) is 0 Å². The number of nitrogens with zero attached hydrogens (tertiary/aromatic N) is 1. The van der Waals surface area contributed by atoms with Gasteiger partial charge in [0.05, 0.1) is 18.0 Å². The van der Waals surface area contributed by atoms with Crippen LogP contribution in [0.25, 0.3) is 0 Å². The van der Waals surface area contributed by atoms with E-state index in [1.165, 1.54) is 5.69 Å². The molecule has 0 aromatic heterocycles. The van der Waals surface area contributed by atoms with Crippen LogP contribution in [0, 0.1) is 0 Å². The lowest BCUT2D eigenvalue weighted by Crippen LogP contribution is -2.23. The number of rotatable bonds is 6. The molecule has 0 spiro atoms. The standard InChI is InChI=1S/C13H21BrN2O/c1-5-17-9-10(2)15-12-8-11(14)6-7-13(12)16(3)4/h6-8,10,15H,5,9H2,1-4H3. The second-order valence-corrected chi connectivity index (χ2v) is 5.18. The van der Waals surface area contributed by atoms with E-state index in [-0.39, 0.29) is 0 Å². The van der Waals surface area contributed by atoms with E-state index >= 15 is 0 Å². The van der Waals surface area contributed by atoms with E-state index in [2.05, 4.69) is 45.2 Å². The second-order valence-electron chi connectivity index (χ2n) is 4.26. The zero-order valence-corrected chi connectivity index (χ0v) is 12.5. The number of hydrogen-bond acceptors (Lipinski definition) is 3. The minimum absolute atomic E-state index is 0.294. The Balaban J connectivity index is 2.77. The molecular weight excluding hydrogens is 280 g/mol. The molecule has 1 atom stereocenters. The molecule has 0 radical (unpaired) electrons. The molecule has 0 fully saturated rings. The number of hydrogen-bond donors (Lipinski definition) is 1. The van der Waals surface area contributed by atoms with Gasteiger partial charge in [0.1, 0.15) is 0 Å². The highest BCUT2D eigenvalue weighted by Crippen LogP contribution is 2.28. The Morgan fingerprint density at radius 1 is 1.41 bits per heavy atom. The number of ether oxygens (including phenoxy) is 1. The van der Waals surface area contributed by atoms with Gasteiger partial charge in [-0.3, -0.25) is 0 Å². The fourth-order valence-corrected chi connectivity index (χ4v) is 1.98. The largest absolute Gasteiger partial charge is 0.380 e. The Hall–Kier alpha value is -0.740. The molecule has 4 heteroatoms. The fraction of sp³-hybridized carbons (Fsp3) is 0.538. The monoisotopic (exact) mass is 300 g/mol. The van der Waals surface area contributed by atoms with Crippen molar-refractivity contribution in [1.29, 1.82) is 0 Å². The summed E-state index contributed by atoms with van der Waals surface area (Å²) in [5, 5.41) is 3.47. The summed E-state index contributed by atoms with van der Waals surface area (Å²) in [6.45, 7) is 5.61. The van der Waals surface area contributed by atoms with Crippen LogP contribution in [0.5, 0.6) is 0 Å². The minimum Gasteiger partial charge on any atom is -0.380 e. The number of nitrogens with one attached hydrogen (secondary N) is 1. The van der Waals surface area contributed by atoms with E-state index in [1.54, 1.807) is 0 Å². The van der Waals surface area contributed by atoms with E-state index in [0.29, 0.717) is 6.04 Å². The summed E-state index contributed by atoms with van der Waals surface area (Å²) in [6.07, 6.45) is 0. The van der Waals surface area contributed by atoms with Crippen molar-refractivity contribution in [3.05, 3.63) is 22.7 Å². The van der Waals surface area contributed by atoms with Gasteiger partial charge in [-0.1, -0.05) is 15.9 Å². The zero-order valence-electron chi connectivity index (χ0n) is 11.0. The van der Waals surface area contributed by atoms with Crippen LogP contribution in [0.2, 0.25) is 0 Å². The number of anilines is 2. The minimum atomic E-state index is 0.294. The highest BCUT2D eigenvalue weighted by Gasteiger charge is 2.08. The molecule has 0 aliphatic carbocycles. The maximum Gasteiger partial charge on any atom is 0.0664 e. The number of benzene rings is 1. The van der Waals surface area contributed by atoms with Gasteiger partial charge in [-0.15, -0.1) is 0 Å². The van der Waals surface area contributed by atoms with Gasteiger partial charge in [0.15, 0.2) is 0 Å². The van der Waals surface area contributed by atoms with Gasteiger partial charge < -0.3 is 15.0 Å². The summed E-state index contributed by atoms with van der Waals surface area (Å²) in [7, 11) is 4.09. The quantitative estimate of drug-likeness (QED) is 0.872. The van der Waals surface area contributed by atoms with E-state index in [1.807, 2.05) is 27.1 Å². The van der Waals surface area contributed by atoms with Crippen LogP contribution in [-0.2, 0) is 4.74 Å². The lowest BCUT2D eigenvalue weighted by molar-refractivity contribution is 0.141. The highest BCUT2D eigenvalue weighted by molar-refractivity contribution is 9.10. The molecule has 17 heavy (non-hydrogen) atoms. The normalized spacial score (nSPS) is 12.3. The molecule has 0 aliphatic rings. The Kier molecular flexibility index (Phi) is 5.78. The third-order valence-electron chi connectivity index (χ3n) is 2.41. The van der Waals surface area contributed by atoms with E-state index < -0.39 is 0 Å². The molecule has 1 aromatic rings. The SMILES string of the molecule is CCOCC(C)Nc1cc(Br)ccc1N(C)C. The fourth-order valence-electron chi connectivity index (χ4n) is 1.62. The first-order valence-corrected chi connectivity index (χ1v) is 6.65. The predicted octanol–water partition coefficient (Wildman–Crippen LogP) is 3.35. The lowest BCUT2D eigenvalue weighted by atomic mass is 10.2. The molecule has 0 saturated carbocycles. The number of halogens is 1. The van der Waals surface area contributed by atoms with Gasteiger partial charge >= 0.3 is 0 Å². The molecule has 1 rings (SSSR count). The molecular formula is C13H21BrN2O. The van der Waals surface area contributed by atoms with Gasteiger partial charge in [-0.05, 0) is 32.0 Å². The van der Waals surface area contributed by atoms with Crippen LogP contribution in [0.15, 0.2) is 22.7 Å². The van der Waals surface area contributed by atoms with Crippen LogP contribution in [0.1, 0.15) is 13.8 Å². The smallest absolute Gasteiger partial charge is 0.0664 e. The van der Waals surface area contributed by atoms with Crippen molar-refractivity contribution in [2.24, 2.45) is 0 Å². The van der Waals surface area contributed by atoms with Crippen molar-refractivity contribution in [2.45, 2.75) is 19.9 Å². The van der Waals surface area contributed by atoms with Crippen molar-refractivity contribution in [3.8, 4) is 0 Å². The third kappa shape index (κ3) is 4.56. The summed E-state index contributed by atoms with van der Waals surface area (Å²) in [5.74, 6) is 0. The predicted molar refractivity (Wildman–Crippen MR) is 78.0 cm³/mol. The van der Waals surface area contributed by atoms with Crippen LogP contribution >= 0.6 is 15.9 Å². The molecule has 0 saturated heterocycles. The average Bonchev–Trinajstić information content (AvgIpc) is 2.26. The van der Waals surface area contributed by atoms with Crippen LogP contribution in [0.4, 0.5) is 11.4 Å². The van der Waals surface area contributed by atoms with Crippen molar-refractivity contribution in [2.75, 3.05) is 37.5 Å². The van der Waals surface area contributed by atoms with Crippen molar-refractivity contribution in [3.63, 3.8) is 0 Å². The molecule has 3 nitrogen and oxygen atoms in total. The van der Waals surface area contributed by atoms with Crippen molar-refractivity contribution < 1.29 is 4.74 Å². The van der Waals surface area contributed by atoms with E-state index in [9.17, 15) is 0 Å². The van der Waals surface area contributed by atoms with E-state index in [0.717, 1.165) is 23.4 Å². The third-order valence-corrected chi connectivity index (χ3v) is 2.91. The second kappa shape index (κ2) is 6.87. The Morgan fingerprint density at radius 3 is 2.71 bits per heavy atom.